The Hall–Kier alpha value is -1.36. The lowest BCUT2D eigenvalue weighted by molar-refractivity contribution is -0.138. The van der Waals surface area contributed by atoms with Crippen LogP contribution in [0.4, 0.5) is 0 Å². The molecule has 124 valence electrons. The van der Waals surface area contributed by atoms with Gasteiger partial charge in [-0.25, -0.2) is 0 Å². The van der Waals surface area contributed by atoms with E-state index in [0.717, 1.165) is 44.9 Å². The Labute approximate surface area is 132 Å². The van der Waals surface area contributed by atoms with E-state index in [2.05, 4.69) is 11.9 Å². The first kappa shape index (κ1) is 17.0. The molecular formula is C17H28N2O3. The maximum atomic E-state index is 12.3. The molecule has 0 bridgehead atoms. The van der Waals surface area contributed by atoms with Crippen LogP contribution in [0.2, 0.25) is 0 Å². The van der Waals surface area contributed by atoms with Crippen molar-refractivity contribution in [2.45, 2.75) is 76.0 Å². The number of aliphatic hydroxyl groups excluding tert-OH is 1. The van der Waals surface area contributed by atoms with Gasteiger partial charge in [0.05, 0.1) is 6.10 Å². The fourth-order valence-electron chi connectivity index (χ4n) is 2.93. The number of β-amino-alcohol motifs (C(OH)–C–C–N with tert-alkyl or cyclic N) is 1. The lowest BCUT2D eigenvalue weighted by atomic mass is 10.1. The smallest absolute Gasteiger partial charge is 0.243 e. The molecule has 22 heavy (non-hydrogen) atoms. The van der Waals surface area contributed by atoms with Crippen LogP contribution in [0, 0.1) is 0 Å². The summed E-state index contributed by atoms with van der Waals surface area (Å²) in [4.78, 5) is 26.1. The van der Waals surface area contributed by atoms with E-state index in [4.69, 9.17) is 0 Å². The number of unbranched alkanes of at least 4 members (excludes halogenated alkanes) is 4. The van der Waals surface area contributed by atoms with Gasteiger partial charge in [0.15, 0.2) is 0 Å². The third-order valence-corrected chi connectivity index (χ3v) is 4.37. The van der Waals surface area contributed by atoms with Gasteiger partial charge in [-0.1, -0.05) is 18.9 Å². The quantitative estimate of drug-likeness (QED) is 0.504. The molecule has 0 aromatic heterocycles. The zero-order valence-electron chi connectivity index (χ0n) is 13.3. The Morgan fingerprint density at radius 3 is 2.64 bits per heavy atom. The average molecular weight is 308 g/mol. The van der Waals surface area contributed by atoms with Crippen LogP contribution in [-0.4, -0.2) is 46.6 Å². The number of aliphatic hydroxyl groups is 1. The number of nitrogens with one attached hydrogen (secondary N) is 1. The number of allylic oxidation sites excluding steroid dienone is 1. The van der Waals surface area contributed by atoms with E-state index in [1.54, 1.807) is 4.90 Å². The molecule has 2 N–H and O–H groups in total. The van der Waals surface area contributed by atoms with Gasteiger partial charge in [-0.05, 0) is 32.1 Å². The molecule has 1 aliphatic carbocycles. The summed E-state index contributed by atoms with van der Waals surface area (Å²) < 4.78 is 0. The Morgan fingerprint density at radius 1 is 1.23 bits per heavy atom. The Balaban J connectivity index is 1.73. The second kappa shape index (κ2) is 8.32. The van der Waals surface area contributed by atoms with E-state index in [9.17, 15) is 14.7 Å². The van der Waals surface area contributed by atoms with Crippen molar-refractivity contribution in [1.29, 1.82) is 0 Å². The first-order valence-electron chi connectivity index (χ1n) is 8.50. The van der Waals surface area contributed by atoms with E-state index in [0.29, 0.717) is 12.8 Å². The van der Waals surface area contributed by atoms with Gasteiger partial charge in [0, 0.05) is 25.4 Å². The summed E-state index contributed by atoms with van der Waals surface area (Å²) in [7, 11) is 0. The van der Waals surface area contributed by atoms with Gasteiger partial charge in [0.25, 0.3) is 0 Å². The number of carbonyl (C=O) groups is 2. The third kappa shape index (κ3) is 5.13. The Morgan fingerprint density at radius 2 is 1.95 bits per heavy atom. The normalized spacial score (nSPS) is 24.3. The molecule has 0 unspecified atom stereocenters. The van der Waals surface area contributed by atoms with Crippen LogP contribution in [0.25, 0.3) is 0 Å². The SMILES string of the molecule is C=CCCCCCCC(=O)N1C[C@@H](O)C[C@H]1C(=O)NC1CC1. The monoisotopic (exact) mass is 308 g/mol. The fourth-order valence-corrected chi connectivity index (χ4v) is 2.93. The van der Waals surface area contributed by atoms with Crippen molar-refractivity contribution in [3.63, 3.8) is 0 Å². The minimum absolute atomic E-state index is 0.00350. The molecule has 2 aliphatic rings. The average Bonchev–Trinajstić information content (AvgIpc) is 3.21. The molecule has 2 fully saturated rings. The van der Waals surface area contributed by atoms with E-state index in [-0.39, 0.29) is 24.4 Å². The largest absolute Gasteiger partial charge is 0.391 e. The fraction of sp³-hybridized carbons (Fsp3) is 0.765. The molecule has 1 saturated heterocycles. The molecule has 1 aliphatic heterocycles. The molecule has 0 radical (unpaired) electrons. The van der Waals surface area contributed by atoms with Crippen LogP contribution < -0.4 is 5.32 Å². The number of hydrogen-bond donors (Lipinski definition) is 2. The highest BCUT2D eigenvalue weighted by Crippen LogP contribution is 2.23. The molecule has 5 nitrogen and oxygen atoms in total. The van der Waals surface area contributed by atoms with Crippen molar-refractivity contribution in [3.05, 3.63) is 12.7 Å². The van der Waals surface area contributed by atoms with Gasteiger partial charge < -0.3 is 15.3 Å². The van der Waals surface area contributed by atoms with Gasteiger partial charge in [-0.3, -0.25) is 9.59 Å². The number of likely N-dealkylation sites (tertiary alicyclic amines) is 1. The highest BCUT2D eigenvalue weighted by Gasteiger charge is 2.39. The van der Waals surface area contributed by atoms with Crippen molar-refractivity contribution in [2.24, 2.45) is 0 Å². The van der Waals surface area contributed by atoms with E-state index >= 15 is 0 Å². The van der Waals surface area contributed by atoms with Gasteiger partial charge in [0.1, 0.15) is 6.04 Å². The molecule has 2 amide bonds. The zero-order chi connectivity index (χ0) is 15.9. The molecule has 0 aromatic carbocycles. The number of carbonyl (C=O) groups excluding carboxylic acids is 2. The Kier molecular flexibility index (Phi) is 6.43. The topological polar surface area (TPSA) is 69.6 Å². The highest BCUT2D eigenvalue weighted by atomic mass is 16.3. The Bertz CT molecular complexity index is 407. The second-order valence-corrected chi connectivity index (χ2v) is 6.48. The van der Waals surface area contributed by atoms with Crippen LogP contribution in [0.15, 0.2) is 12.7 Å². The van der Waals surface area contributed by atoms with Crippen molar-refractivity contribution in [3.8, 4) is 0 Å². The van der Waals surface area contributed by atoms with Gasteiger partial charge in [-0.15, -0.1) is 6.58 Å². The lowest BCUT2D eigenvalue weighted by Crippen LogP contribution is -2.46. The standard InChI is InChI=1S/C17H28N2O3/c1-2-3-4-5-6-7-8-16(21)19-12-14(20)11-15(19)17(22)18-13-9-10-13/h2,13-15,20H,1,3-12H2,(H,18,22)/t14-,15-/m0/s1. The van der Waals surface area contributed by atoms with Crippen LogP contribution in [0.5, 0.6) is 0 Å². The van der Waals surface area contributed by atoms with Gasteiger partial charge in [0.2, 0.25) is 11.8 Å². The second-order valence-electron chi connectivity index (χ2n) is 6.48. The van der Waals surface area contributed by atoms with E-state index in [1.165, 1.54) is 0 Å². The van der Waals surface area contributed by atoms with E-state index in [1.807, 2.05) is 6.08 Å². The molecule has 2 atom stereocenters. The molecule has 0 spiro atoms. The first-order valence-corrected chi connectivity index (χ1v) is 8.50. The van der Waals surface area contributed by atoms with Gasteiger partial charge >= 0.3 is 0 Å². The van der Waals surface area contributed by atoms with Crippen LogP contribution >= 0.6 is 0 Å². The summed E-state index contributed by atoms with van der Waals surface area (Å²) >= 11 is 0. The highest BCUT2D eigenvalue weighted by molar-refractivity contribution is 5.88. The minimum Gasteiger partial charge on any atom is -0.391 e. The van der Waals surface area contributed by atoms with Crippen LogP contribution in [0.3, 0.4) is 0 Å². The predicted molar refractivity (Wildman–Crippen MR) is 85.2 cm³/mol. The number of nitrogens with zero attached hydrogens (tertiary/aromatic N) is 1. The third-order valence-electron chi connectivity index (χ3n) is 4.37. The summed E-state index contributed by atoms with van der Waals surface area (Å²) in [5.74, 6) is -0.102. The number of hydrogen-bond acceptors (Lipinski definition) is 3. The zero-order valence-corrected chi connectivity index (χ0v) is 13.3. The summed E-state index contributed by atoms with van der Waals surface area (Å²) in [5.41, 5.74) is 0. The number of amides is 2. The molecular weight excluding hydrogens is 280 g/mol. The van der Waals surface area contributed by atoms with Crippen molar-refractivity contribution >= 4 is 11.8 Å². The molecule has 0 aromatic rings. The van der Waals surface area contributed by atoms with Crippen molar-refractivity contribution < 1.29 is 14.7 Å². The molecule has 1 heterocycles. The summed E-state index contributed by atoms with van der Waals surface area (Å²) in [5, 5.41) is 12.7. The number of rotatable bonds is 9. The van der Waals surface area contributed by atoms with Crippen LogP contribution in [-0.2, 0) is 9.59 Å². The van der Waals surface area contributed by atoms with E-state index < -0.39 is 12.1 Å². The summed E-state index contributed by atoms with van der Waals surface area (Å²) in [6, 6.07) is -0.198. The molecule has 2 rings (SSSR count). The molecule has 1 saturated carbocycles. The lowest BCUT2D eigenvalue weighted by Gasteiger charge is -2.23. The minimum atomic E-state index is -0.577. The van der Waals surface area contributed by atoms with Crippen LogP contribution in [0.1, 0.15) is 57.8 Å². The summed E-state index contributed by atoms with van der Waals surface area (Å²) in [6.07, 6.45) is 9.34. The van der Waals surface area contributed by atoms with Gasteiger partial charge in [-0.2, -0.15) is 0 Å². The molecule has 5 heteroatoms. The predicted octanol–water partition coefficient (Wildman–Crippen LogP) is 1.75. The first-order chi connectivity index (χ1) is 10.6. The maximum absolute atomic E-state index is 12.3. The van der Waals surface area contributed by atoms with Crippen molar-refractivity contribution in [2.75, 3.05) is 6.54 Å². The summed E-state index contributed by atoms with van der Waals surface area (Å²) in [6.45, 7) is 3.98. The maximum Gasteiger partial charge on any atom is 0.243 e. The van der Waals surface area contributed by atoms with Crippen molar-refractivity contribution in [1.82, 2.24) is 10.2 Å².